The topological polar surface area (TPSA) is 126 Å². The number of allylic oxidation sites excluding steroid dienone is 1. The predicted molar refractivity (Wildman–Crippen MR) is 161 cm³/mol. The Balaban J connectivity index is 1.54. The van der Waals surface area contributed by atoms with Crippen molar-refractivity contribution in [2.75, 3.05) is 0 Å². The van der Waals surface area contributed by atoms with Crippen LogP contribution in [0.4, 0.5) is 0 Å². The maximum absolute atomic E-state index is 14.0. The molecule has 5 rings (SSSR count). The third-order valence-corrected chi connectivity index (χ3v) is 9.73. The van der Waals surface area contributed by atoms with Gasteiger partial charge in [-0.25, -0.2) is 0 Å². The molecule has 0 heterocycles. The van der Waals surface area contributed by atoms with E-state index < -0.39 is 64.1 Å². The fourth-order valence-corrected chi connectivity index (χ4v) is 7.98. The summed E-state index contributed by atoms with van der Waals surface area (Å²) in [6.07, 6.45) is 2.05. The van der Waals surface area contributed by atoms with Crippen LogP contribution in [0.5, 0.6) is 5.75 Å². The van der Waals surface area contributed by atoms with Gasteiger partial charge in [0, 0.05) is 11.8 Å². The fraction of sp³-hybridized carbons (Fsp3) is 0.472. The standard InChI is InChI=1S/C36H40O7/c1-17(2)13-19(5)14-21-7-9-22(10-8-21)24-11-12-27(38)31-25(24)15-23-16-26-28(18(3)4)32(39)29(20(6)37)34(41)36(26,43)35(42)30(23)33(31)40/h7-12,17-18,23,26,28-30,38,43H,5,13-16H2,1-4,6H3. The average Bonchev–Trinajstić information content (AvgIpc) is 2.90. The Hall–Kier alpha value is -3.71. The number of carbonyl (C=O) groups excluding carboxylic acids is 5. The first kappa shape index (κ1) is 30.7. The third kappa shape index (κ3) is 4.92. The van der Waals surface area contributed by atoms with E-state index in [-0.39, 0.29) is 30.1 Å². The molecule has 6 unspecified atom stereocenters. The summed E-state index contributed by atoms with van der Waals surface area (Å²) < 4.78 is 0. The summed E-state index contributed by atoms with van der Waals surface area (Å²) in [4.78, 5) is 67.4. The van der Waals surface area contributed by atoms with Crippen LogP contribution in [0, 0.1) is 41.4 Å². The van der Waals surface area contributed by atoms with Crippen LogP contribution in [0.15, 0.2) is 48.6 Å². The summed E-state index contributed by atoms with van der Waals surface area (Å²) >= 11 is 0. The van der Waals surface area contributed by atoms with Crippen LogP contribution in [-0.2, 0) is 32.0 Å². The van der Waals surface area contributed by atoms with Crippen LogP contribution in [0.3, 0.4) is 0 Å². The highest BCUT2D eigenvalue weighted by molar-refractivity contribution is 6.32. The molecule has 0 radical (unpaired) electrons. The lowest BCUT2D eigenvalue weighted by Crippen LogP contribution is -2.70. The van der Waals surface area contributed by atoms with Crippen LogP contribution in [0.2, 0.25) is 0 Å². The molecule has 7 nitrogen and oxygen atoms in total. The summed E-state index contributed by atoms with van der Waals surface area (Å²) in [5.74, 6) is -9.69. The second-order valence-corrected chi connectivity index (χ2v) is 13.6. The third-order valence-electron chi connectivity index (χ3n) is 9.73. The van der Waals surface area contributed by atoms with Gasteiger partial charge in [0.2, 0.25) is 0 Å². The molecule has 2 N–H and O–H groups in total. The van der Waals surface area contributed by atoms with E-state index in [0.29, 0.717) is 11.5 Å². The normalized spacial score (nSPS) is 28.5. The molecule has 226 valence electrons. The van der Waals surface area contributed by atoms with Crippen LogP contribution < -0.4 is 0 Å². The molecule has 3 aliphatic rings. The summed E-state index contributed by atoms with van der Waals surface area (Å²) in [5, 5.41) is 22.6. The number of hydrogen-bond acceptors (Lipinski definition) is 7. The van der Waals surface area contributed by atoms with Crippen molar-refractivity contribution < 1.29 is 34.2 Å². The Morgan fingerprint density at radius 1 is 1.00 bits per heavy atom. The van der Waals surface area contributed by atoms with Crippen LogP contribution in [0.25, 0.3) is 11.1 Å². The van der Waals surface area contributed by atoms with E-state index in [1.807, 2.05) is 24.3 Å². The van der Waals surface area contributed by atoms with E-state index in [4.69, 9.17) is 0 Å². The number of Topliss-reactive ketones (excluding diaryl/α,β-unsaturated/α-hetero) is 5. The summed E-state index contributed by atoms with van der Waals surface area (Å²) in [6, 6.07) is 11.2. The molecule has 43 heavy (non-hydrogen) atoms. The fourth-order valence-electron chi connectivity index (χ4n) is 7.98. The zero-order valence-electron chi connectivity index (χ0n) is 25.5. The first-order valence-corrected chi connectivity index (χ1v) is 15.2. The van der Waals surface area contributed by atoms with Gasteiger partial charge in [0.1, 0.15) is 17.5 Å². The summed E-state index contributed by atoms with van der Waals surface area (Å²) in [7, 11) is 0. The molecule has 6 atom stereocenters. The number of benzene rings is 2. The highest BCUT2D eigenvalue weighted by atomic mass is 16.3. The average molecular weight is 585 g/mol. The highest BCUT2D eigenvalue weighted by Crippen LogP contribution is 2.53. The van der Waals surface area contributed by atoms with Crippen LogP contribution in [-0.4, -0.2) is 44.7 Å². The van der Waals surface area contributed by atoms with Gasteiger partial charge in [-0.15, -0.1) is 0 Å². The molecular weight excluding hydrogens is 544 g/mol. The zero-order chi connectivity index (χ0) is 31.5. The van der Waals surface area contributed by atoms with E-state index in [9.17, 15) is 34.2 Å². The number of fused-ring (bicyclic) bond motifs is 3. The van der Waals surface area contributed by atoms with Crippen molar-refractivity contribution in [3.63, 3.8) is 0 Å². The van der Waals surface area contributed by atoms with E-state index >= 15 is 0 Å². The highest BCUT2D eigenvalue weighted by Gasteiger charge is 2.68. The maximum atomic E-state index is 14.0. The molecule has 0 amide bonds. The van der Waals surface area contributed by atoms with Crippen molar-refractivity contribution in [2.45, 2.75) is 65.9 Å². The first-order valence-electron chi connectivity index (χ1n) is 15.2. The number of hydrogen-bond donors (Lipinski definition) is 2. The van der Waals surface area contributed by atoms with Crippen LogP contribution in [0.1, 0.15) is 68.9 Å². The van der Waals surface area contributed by atoms with Crippen LogP contribution >= 0.6 is 0 Å². The Kier molecular flexibility index (Phi) is 7.93. The number of phenols is 1. The zero-order valence-corrected chi connectivity index (χ0v) is 25.5. The van der Waals surface area contributed by atoms with Gasteiger partial charge >= 0.3 is 0 Å². The van der Waals surface area contributed by atoms with Crippen molar-refractivity contribution in [3.8, 4) is 16.9 Å². The van der Waals surface area contributed by atoms with Crippen molar-refractivity contribution in [2.24, 2.45) is 41.4 Å². The van der Waals surface area contributed by atoms with Crippen molar-refractivity contribution in [1.29, 1.82) is 0 Å². The molecule has 0 aliphatic heterocycles. The van der Waals surface area contributed by atoms with E-state index in [2.05, 4.69) is 20.4 Å². The maximum Gasteiger partial charge on any atom is 0.190 e. The molecule has 0 aromatic heterocycles. The number of rotatable bonds is 7. The molecule has 2 aromatic carbocycles. The van der Waals surface area contributed by atoms with Gasteiger partial charge in [-0.3, -0.25) is 24.0 Å². The lowest BCUT2D eigenvalue weighted by molar-refractivity contribution is -0.182. The largest absolute Gasteiger partial charge is 0.507 e. The second-order valence-electron chi connectivity index (χ2n) is 13.6. The van der Waals surface area contributed by atoms with E-state index in [1.165, 1.54) is 6.07 Å². The Morgan fingerprint density at radius 2 is 1.65 bits per heavy atom. The minimum atomic E-state index is -2.61. The molecule has 0 spiro atoms. The van der Waals surface area contributed by atoms with E-state index in [1.54, 1.807) is 19.9 Å². The predicted octanol–water partition coefficient (Wildman–Crippen LogP) is 5.12. The number of ketones is 5. The van der Waals surface area contributed by atoms with Crippen molar-refractivity contribution >= 4 is 28.9 Å². The number of phenolic OH excluding ortho intramolecular Hbond substituents is 1. The van der Waals surface area contributed by atoms with Gasteiger partial charge < -0.3 is 10.2 Å². The van der Waals surface area contributed by atoms with Gasteiger partial charge in [0.25, 0.3) is 0 Å². The Bertz CT molecular complexity index is 1550. The van der Waals surface area contributed by atoms with Gasteiger partial charge in [0.05, 0.1) is 11.5 Å². The van der Waals surface area contributed by atoms with E-state index in [0.717, 1.165) is 42.0 Å². The molecule has 7 heteroatoms. The number of carbonyl (C=O) groups is 5. The Morgan fingerprint density at radius 3 is 2.23 bits per heavy atom. The lowest BCUT2D eigenvalue weighted by Gasteiger charge is -2.52. The number of aliphatic hydroxyl groups is 1. The Labute approximate surface area is 252 Å². The lowest BCUT2D eigenvalue weighted by atomic mass is 9.49. The molecule has 3 aliphatic carbocycles. The molecule has 2 saturated carbocycles. The van der Waals surface area contributed by atoms with Gasteiger partial charge in [-0.05, 0) is 78.7 Å². The second kappa shape index (κ2) is 11.1. The SMILES string of the molecule is C=C(Cc1ccc(-c2ccc(O)c3c2CC2CC4C(C(C)C)C(=O)C(C(C)=O)C(=O)C4(O)C(=O)C2C3=O)cc1)CC(C)C. The van der Waals surface area contributed by atoms with Gasteiger partial charge in [-0.1, -0.05) is 70.2 Å². The monoisotopic (exact) mass is 584 g/mol. The smallest absolute Gasteiger partial charge is 0.190 e. The quantitative estimate of drug-likeness (QED) is 0.342. The molecule has 0 bridgehead atoms. The minimum Gasteiger partial charge on any atom is -0.507 e. The summed E-state index contributed by atoms with van der Waals surface area (Å²) in [5.41, 5.74) is 1.89. The first-order chi connectivity index (χ1) is 20.2. The molecule has 0 saturated heterocycles. The van der Waals surface area contributed by atoms with Gasteiger partial charge in [-0.2, -0.15) is 0 Å². The summed E-state index contributed by atoms with van der Waals surface area (Å²) in [6.45, 7) is 13.2. The molecule has 2 fully saturated rings. The molecule has 2 aromatic rings. The molecular formula is C36H40O7. The minimum absolute atomic E-state index is 0.0198. The van der Waals surface area contributed by atoms with Crippen molar-refractivity contribution in [1.82, 2.24) is 0 Å². The number of aromatic hydroxyl groups is 1. The van der Waals surface area contributed by atoms with Crippen molar-refractivity contribution in [3.05, 3.63) is 65.2 Å². The van der Waals surface area contributed by atoms with Gasteiger partial charge in [0.15, 0.2) is 28.7 Å².